The van der Waals surface area contributed by atoms with Gasteiger partial charge in [-0.15, -0.1) is 0 Å². The molecule has 0 fully saturated rings. The van der Waals surface area contributed by atoms with Gasteiger partial charge in [0, 0.05) is 0 Å². The maximum Gasteiger partial charge on any atom is 0.373 e. The summed E-state index contributed by atoms with van der Waals surface area (Å²) in [6.45, 7) is 2.66. The van der Waals surface area contributed by atoms with E-state index in [-0.39, 0.29) is 25.8 Å². The second-order valence-electron chi connectivity index (χ2n) is 5.90. The minimum atomic E-state index is -0.162. The van der Waals surface area contributed by atoms with Crippen LogP contribution in [0.15, 0.2) is 24.3 Å². The molecule has 0 bridgehead atoms. The van der Waals surface area contributed by atoms with Crippen LogP contribution >= 0.6 is 0 Å². The van der Waals surface area contributed by atoms with Crippen molar-refractivity contribution in [2.75, 3.05) is 6.61 Å². The van der Waals surface area contributed by atoms with Gasteiger partial charge >= 0.3 is 6.15 Å². The minimum absolute atomic E-state index is 0. The third-order valence-corrected chi connectivity index (χ3v) is 3.69. The highest BCUT2D eigenvalue weighted by atomic mass is 16.5. The molecule has 2 atom stereocenters. The largest absolute Gasteiger partial charge is 0.468 e. The second kappa shape index (κ2) is 26.5. The van der Waals surface area contributed by atoms with E-state index in [9.17, 15) is 4.79 Å². The van der Waals surface area contributed by atoms with E-state index in [1.807, 2.05) is 12.2 Å². The van der Waals surface area contributed by atoms with Crippen LogP contribution in [0.1, 0.15) is 78.6 Å². The molecule has 0 radical (unpaired) electrons. The van der Waals surface area contributed by atoms with E-state index in [1.165, 1.54) is 38.5 Å². The number of aliphatic hydroxyl groups excluding tert-OH is 2. The first-order chi connectivity index (χ1) is 12.6. The molecule has 2 aliphatic rings. The van der Waals surface area contributed by atoms with Gasteiger partial charge in [0.2, 0.25) is 0 Å². The Hall–Kier alpha value is -1.75. The van der Waals surface area contributed by atoms with Crippen molar-refractivity contribution in [1.82, 2.24) is 0 Å². The van der Waals surface area contributed by atoms with Gasteiger partial charge in [-0.05, 0) is 45.4 Å². The molecule has 27 heavy (non-hydrogen) atoms. The van der Waals surface area contributed by atoms with Crippen LogP contribution in [0.3, 0.4) is 0 Å². The quantitative estimate of drug-likeness (QED) is 0.550. The van der Waals surface area contributed by atoms with Crippen molar-refractivity contribution in [1.29, 1.82) is 0 Å². The Labute approximate surface area is 164 Å². The van der Waals surface area contributed by atoms with E-state index < -0.39 is 0 Å². The molecule has 0 saturated heterocycles. The number of ether oxygens (including phenoxy) is 1. The van der Waals surface area contributed by atoms with Crippen LogP contribution in [0.4, 0.5) is 0 Å². The summed E-state index contributed by atoms with van der Waals surface area (Å²) in [6.07, 6.45) is 19.7. The molecule has 0 saturated carbocycles. The fourth-order valence-corrected chi connectivity index (χ4v) is 2.35. The van der Waals surface area contributed by atoms with Crippen LogP contribution in [0.25, 0.3) is 0 Å². The Kier molecular flexibility index (Phi) is 29.4. The zero-order valence-electron chi connectivity index (χ0n) is 15.8. The van der Waals surface area contributed by atoms with Gasteiger partial charge in [-0.2, -0.15) is 9.59 Å². The summed E-state index contributed by atoms with van der Waals surface area (Å²) in [7, 11) is 0. The Morgan fingerprint density at radius 1 is 0.926 bits per heavy atom. The maximum atomic E-state index is 9.18. The Morgan fingerprint density at radius 2 is 1.33 bits per heavy atom. The number of allylic oxidation sites excluding steroid dienone is 2. The lowest BCUT2D eigenvalue weighted by Gasteiger charge is -2.07. The average Bonchev–Trinajstić information content (AvgIpc) is 2.57. The van der Waals surface area contributed by atoms with E-state index in [1.54, 1.807) is 6.92 Å². The number of hydrogen-bond donors (Lipinski definition) is 2. The molecule has 2 N–H and O–H groups in total. The van der Waals surface area contributed by atoms with Crippen LogP contribution in [0.2, 0.25) is 0 Å². The highest BCUT2D eigenvalue weighted by molar-refractivity contribution is 5.36. The summed E-state index contributed by atoms with van der Waals surface area (Å²) in [5.74, 6) is 0. The first kappa shape index (κ1) is 30.0. The van der Waals surface area contributed by atoms with Crippen LogP contribution < -0.4 is 0 Å². The van der Waals surface area contributed by atoms with Gasteiger partial charge in [0.1, 0.15) is 0 Å². The highest BCUT2D eigenvalue weighted by Crippen LogP contribution is 2.11. The summed E-state index contributed by atoms with van der Waals surface area (Å²) in [5.41, 5.74) is 0. The number of rotatable bonds is 2. The number of carbonyl (C=O) groups excluding carboxylic acids is 3. The van der Waals surface area contributed by atoms with Gasteiger partial charge in [0.15, 0.2) is 0 Å². The predicted molar refractivity (Wildman–Crippen MR) is 106 cm³/mol. The van der Waals surface area contributed by atoms with Crippen molar-refractivity contribution in [2.24, 2.45) is 0 Å². The molecule has 0 aromatic carbocycles. The SMILES string of the molecule is C.CCOC=O.O=C=O.OC1/C=C/CCCCC1.OC1/C=C/CCCCC1. The topological polar surface area (TPSA) is 101 Å². The first-order valence-electron chi connectivity index (χ1n) is 9.36. The van der Waals surface area contributed by atoms with E-state index >= 15 is 0 Å². The molecule has 2 unspecified atom stereocenters. The molecule has 2 aliphatic carbocycles. The standard InChI is InChI=1S/2C8H14O.C3H6O2.CO2.CH4/c2*9-8-6-4-2-1-3-5-7-8;1-2-5-3-4;2-1-3;/h2*4,6,8-9H,1-3,5,7H2;3H,2H2,1H3;;1H4/b2*6-4+;;;. The average molecular weight is 387 g/mol. The van der Waals surface area contributed by atoms with Gasteiger partial charge in [-0.1, -0.05) is 57.4 Å². The second-order valence-corrected chi connectivity index (χ2v) is 5.90. The maximum absolute atomic E-state index is 9.18. The fourth-order valence-electron chi connectivity index (χ4n) is 2.35. The molecular weight excluding hydrogens is 348 g/mol. The minimum Gasteiger partial charge on any atom is -0.468 e. The van der Waals surface area contributed by atoms with Crippen molar-refractivity contribution < 1.29 is 29.3 Å². The van der Waals surface area contributed by atoms with Gasteiger partial charge in [0.25, 0.3) is 6.47 Å². The molecule has 0 spiro atoms. The molecular formula is C21H38O6. The number of hydrogen-bond acceptors (Lipinski definition) is 6. The fraction of sp³-hybridized carbons (Fsp3) is 0.714. The molecule has 0 aromatic rings. The van der Waals surface area contributed by atoms with Crippen LogP contribution in [0, 0.1) is 0 Å². The predicted octanol–water partition coefficient (Wildman–Crippen LogP) is 3.97. The number of aliphatic hydroxyl groups is 2. The van der Waals surface area contributed by atoms with Gasteiger partial charge < -0.3 is 14.9 Å². The summed E-state index contributed by atoms with van der Waals surface area (Å²) in [6, 6.07) is 0. The van der Waals surface area contributed by atoms with Crippen LogP contribution in [-0.4, -0.2) is 41.7 Å². The third-order valence-electron chi connectivity index (χ3n) is 3.69. The number of carbonyl (C=O) groups is 1. The van der Waals surface area contributed by atoms with E-state index in [0.29, 0.717) is 13.1 Å². The summed E-state index contributed by atoms with van der Waals surface area (Å²) in [4.78, 5) is 25.4. The molecule has 158 valence electrons. The Bertz CT molecular complexity index is 360. The monoisotopic (exact) mass is 386 g/mol. The van der Waals surface area contributed by atoms with Crippen LogP contribution in [-0.2, 0) is 19.1 Å². The van der Waals surface area contributed by atoms with Gasteiger partial charge in [0.05, 0.1) is 18.8 Å². The first-order valence-corrected chi connectivity index (χ1v) is 9.36. The zero-order valence-corrected chi connectivity index (χ0v) is 15.8. The van der Waals surface area contributed by atoms with Crippen LogP contribution in [0.5, 0.6) is 0 Å². The van der Waals surface area contributed by atoms with Gasteiger partial charge in [-0.25, -0.2) is 0 Å². The van der Waals surface area contributed by atoms with E-state index in [0.717, 1.165) is 25.7 Å². The molecule has 6 nitrogen and oxygen atoms in total. The molecule has 6 heteroatoms. The lowest BCUT2D eigenvalue weighted by atomic mass is 10.0. The Morgan fingerprint density at radius 3 is 1.63 bits per heavy atom. The third kappa shape index (κ3) is 29.3. The molecule has 0 amide bonds. The van der Waals surface area contributed by atoms with E-state index in [4.69, 9.17) is 19.8 Å². The van der Waals surface area contributed by atoms with E-state index in [2.05, 4.69) is 16.9 Å². The summed E-state index contributed by atoms with van der Waals surface area (Å²) >= 11 is 0. The van der Waals surface area contributed by atoms with Gasteiger partial charge in [-0.3, -0.25) is 4.79 Å². The van der Waals surface area contributed by atoms with Crippen molar-refractivity contribution in [3.63, 3.8) is 0 Å². The molecule has 0 aromatic heterocycles. The van der Waals surface area contributed by atoms with Crippen molar-refractivity contribution in [2.45, 2.75) is 90.8 Å². The van der Waals surface area contributed by atoms with Crippen molar-refractivity contribution in [3.8, 4) is 0 Å². The molecule has 2 rings (SSSR count). The molecule has 0 aliphatic heterocycles. The smallest absolute Gasteiger partial charge is 0.373 e. The molecule has 0 heterocycles. The summed E-state index contributed by atoms with van der Waals surface area (Å²) < 4.78 is 4.15. The van der Waals surface area contributed by atoms with Crippen molar-refractivity contribution >= 4 is 12.6 Å². The Balaban J connectivity index is -0.000000304. The highest BCUT2D eigenvalue weighted by Gasteiger charge is 2.01. The lowest BCUT2D eigenvalue weighted by Crippen LogP contribution is -2.02. The van der Waals surface area contributed by atoms with Crippen molar-refractivity contribution in [3.05, 3.63) is 24.3 Å². The summed E-state index contributed by atoms with van der Waals surface area (Å²) in [5, 5.41) is 18.3. The zero-order chi connectivity index (χ0) is 19.9. The normalized spacial score (nSPS) is 23.4. The lowest BCUT2D eigenvalue weighted by molar-refractivity contribution is -0.191.